The Morgan fingerprint density at radius 2 is 2.06 bits per heavy atom. The number of ether oxygens (including phenoxy) is 1. The molecule has 17 heavy (non-hydrogen) atoms. The molecule has 0 saturated carbocycles. The summed E-state index contributed by atoms with van der Waals surface area (Å²) in [7, 11) is 0. The molecule has 1 aliphatic heterocycles. The van der Waals surface area contributed by atoms with E-state index >= 15 is 0 Å². The molecule has 1 aromatic heterocycles. The topological polar surface area (TPSA) is 34.1 Å². The van der Waals surface area contributed by atoms with E-state index in [1.807, 2.05) is 13.8 Å². The van der Waals surface area contributed by atoms with Crippen molar-refractivity contribution in [2.75, 3.05) is 18.5 Å². The molecule has 3 nitrogen and oxygen atoms in total. The van der Waals surface area contributed by atoms with Crippen LogP contribution in [-0.2, 0) is 4.74 Å². The van der Waals surface area contributed by atoms with Crippen molar-refractivity contribution in [3.8, 4) is 0 Å². The largest absolute Gasteiger partial charge is 0.385 e. The lowest BCUT2D eigenvalue weighted by Crippen LogP contribution is -2.22. The molecule has 0 bridgehead atoms. The van der Waals surface area contributed by atoms with E-state index < -0.39 is 0 Å². The Hall–Kier alpha value is -1.09. The minimum Gasteiger partial charge on any atom is -0.385 e. The second kappa shape index (κ2) is 6.01. The van der Waals surface area contributed by atoms with Crippen LogP contribution in [0.5, 0.6) is 0 Å². The van der Waals surface area contributed by atoms with Gasteiger partial charge >= 0.3 is 0 Å². The summed E-state index contributed by atoms with van der Waals surface area (Å²) in [5.74, 6) is 0. The molecule has 1 fully saturated rings. The fraction of sp³-hybridized carbons (Fsp3) is 0.643. The summed E-state index contributed by atoms with van der Waals surface area (Å²) in [5.41, 5.74) is 3.31. The summed E-state index contributed by atoms with van der Waals surface area (Å²) in [6, 6.07) is 4.18. The minimum absolute atomic E-state index is 0.459. The van der Waals surface area contributed by atoms with Crippen molar-refractivity contribution in [3.63, 3.8) is 0 Å². The number of hydrogen-bond donors (Lipinski definition) is 1. The van der Waals surface area contributed by atoms with Gasteiger partial charge < -0.3 is 10.1 Å². The lowest BCUT2D eigenvalue weighted by Gasteiger charge is -2.22. The molecule has 0 amide bonds. The highest BCUT2D eigenvalue weighted by Crippen LogP contribution is 2.16. The van der Waals surface area contributed by atoms with Gasteiger partial charge in [-0.1, -0.05) is 0 Å². The third-order valence-corrected chi connectivity index (χ3v) is 3.15. The first-order chi connectivity index (χ1) is 8.24. The molecule has 1 aliphatic rings. The maximum atomic E-state index is 5.71. The van der Waals surface area contributed by atoms with Crippen LogP contribution in [0, 0.1) is 13.8 Å². The SMILES string of the molecule is Cc1cc(NCCC2CCCCO2)cc(C)n1. The molecular formula is C14H22N2O. The molecule has 0 spiro atoms. The van der Waals surface area contributed by atoms with Crippen LogP contribution >= 0.6 is 0 Å². The van der Waals surface area contributed by atoms with E-state index in [0.29, 0.717) is 6.10 Å². The minimum atomic E-state index is 0.459. The van der Waals surface area contributed by atoms with Crippen molar-refractivity contribution in [2.45, 2.75) is 45.6 Å². The van der Waals surface area contributed by atoms with E-state index in [0.717, 1.165) is 31.0 Å². The third-order valence-electron chi connectivity index (χ3n) is 3.15. The molecule has 1 aromatic rings. The lowest BCUT2D eigenvalue weighted by atomic mass is 10.1. The van der Waals surface area contributed by atoms with Gasteiger partial charge in [0.25, 0.3) is 0 Å². The van der Waals surface area contributed by atoms with Crippen molar-refractivity contribution < 1.29 is 4.74 Å². The summed E-state index contributed by atoms with van der Waals surface area (Å²) in [5, 5.41) is 3.45. The van der Waals surface area contributed by atoms with Crippen molar-refractivity contribution in [1.29, 1.82) is 0 Å². The number of nitrogens with zero attached hydrogens (tertiary/aromatic N) is 1. The van der Waals surface area contributed by atoms with Crippen molar-refractivity contribution in [3.05, 3.63) is 23.5 Å². The average molecular weight is 234 g/mol. The Labute approximate surface area is 104 Å². The van der Waals surface area contributed by atoms with Crippen LogP contribution in [0.1, 0.15) is 37.1 Å². The second-order valence-electron chi connectivity index (χ2n) is 4.84. The van der Waals surface area contributed by atoms with Crippen LogP contribution in [0.2, 0.25) is 0 Å². The number of aryl methyl sites for hydroxylation is 2. The zero-order chi connectivity index (χ0) is 12.1. The number of pyridine rings is 1. The first kappa shape index (κ1) is 12.4. The molecule has 94 valence electrons. The Balaban J connectivity index is 1.77. The van der Waals surface area contributed by atoms with E-state index in [4.69, 9.17) is 4.74 Å². The Morgan fingerprint density at radius 3 is 2.71 bits per heavy atom. The summed E-state index contributed by atoms with van der Waals surface area (Å²) < 4.78 is 5.71. The predicted molar refractivity (Wildman–Crippen MR) is 70.4 cm³/mol. The number of rotatable bonds is 4. The highest BCUT2D eigenvalue weighted by Gasteiger charge is 2.12. The van der Waals surface area contributed by atoms with Crippen molar-refractivity contribution in [2.24, 2.45) is 0 Å². The Morgan fingerprint density at radius 1 is 1.29 bits per heavy atom. The fourth-order valence-electron chi connectivity index (χ4n) is 2.35. The number of aromatic nitrogens is 1. The van der Waals surface area contributed by atoms with Crippen LogP contribution < -0.4 is 5.32 Å². The van der Waals surface area contributed by atoms with E-state index in [-0.39, 0.29) is 0 Å². The van der Waals surface area contributed by atoms with Gasteiger partial charge in [-0.25, -0.2) is 0 Å². The molecule has 3 heteroatoms. The highest BCUT2D eigenvalue weighted by atomic mass is 16.5. The monoisotopic (exact) mass is 234 g/mol. The first-order valence-electron chi connectivity index (χ1n) is 6.55. The van der Waals surface area contributed by atoms with E-state index in [1.54, 1.807) is 0 Å². The van der Waals surface area contributed by atoms with Gasteiger partial charge in [-0.2, -0.15) is 0 Å². The van der Waals surface area contributed by atoms with Gasteiger partial charge in [0.1, 0.15) is 0 Å². The zero-order valence-electron chi connectivity index (χ0n) is 10.8. The molecule has 2 heterocycles. The first-order valence-corrected chi connectivity index (χ1v) is 6.55. The highest BCUT2D eigenvalue weighted by molar-refractivity contribution is 5.44. The van der Waals surface area contributed by atoms with E-state index in [9.17, 15) is 0 Å². The van der Waals surface area contributed by atoms with Gasteiger partial charge in [-0.15, -0.1) is 0 Å². The molecule has 1 unspecified atom stereocenters. The predicted octanol–water partition coefficient (Wildman–Crippen LogP) is 3.07. The van der Waals surface area contributed by atoms with Crippen LogP contribution in [0.3, 0.4) is 0 Å². The smallest absolute Gasteiger partial charge is 0.0591 e. The van der Waals surface area contributed by atoms with Crippen LogP contribution in [0.15, 0.2) is 12.1 Å². The summed E-state index contributed by atoms with van der Waals surface area (Å²) in [4.78, 5) is 4.37. The summed E-state index contributed by atoms with van der Waals surface area (Å²) >= 11 is 0. The van der Waals surface area contributed by atoms with Crippen molar-refractivity contribution >= 4 is 5.69 Å². The van der Waals surface area contributed by atoms with E-state index in [2.05, 4.69) is 22.4 Å². The van der Waals surface area contributed by atoms with Gasteiger partial charge in [-0.05, 0) is 51.7 Å². The Kier molecular flexibility index (Phi) is 4.37. The standard InChI is InChI=1S/C14H22N2O/c1-11-9-13(10-12(2)16-11)15-7-6-14-5-3-4-8-17-14/h9-10,14H,3-8H2,1-2H3,(H,15,16). The van der Waals surface area contributed by atoms with Gasteiger partial charge in [0, 0.05) is 30.2 Å². The van der Waals surface area contributed by atoms with Crippen LogP contribution in [-0.4, -0.2) is 24.2 Å². The van der Waals surface area contributed by atoms with Gasteiger partial charge in [-0.3, -0.25) is 4.98 Å². The van der Waals surface area contributed by atoms with Crippen molar-refractivity contribution in [1.82, 2.24) is 4.98 Å². The average Bonchev–Trinajstić information content (AvgIpc) is 2.29. The molecule has 2 rings (SSSR count). The van der Waals surface area contributed by atoms with E-state index in [1.165, 1.54) is 24.9 Å². The maximum absolute atomic E-state index is 5.71. The Bertz CT molecular complexity index is 339. The van der Waals surface area contributed by atoms with Gasteiger partial charge in [0.2, 0.25) is 0 Å². The zero-order valence-corrected chi connectivity index (χ0v) is 10.8. The molecule has 1 saturated heterocycles. The number of nitrogens with one attached hydrogen (secondary N) is 1. The van der Waals surface area contributed by atoms with Crippen LogP contribution in [0.4, 0.5) is 5.69 Å². The fourth-order valence-corrected chi connectivity index (χ4v) is 2.35. The molecule has 1 atom stereocenters. The number of anilines is 1. The summed E-state index contributed by atoms with van der Waals surface area (Å²) in [6.45, 7) is 5.98. The molecular weight excluding hydrogens is 212 g/mol. The molecule has 0 aromatic carbocycles. The lowest BCUT2D eigenvalue weighted by molar-refractivity contribution is 0.0134. The third kappa shape index (κ3) is 4.00. The van der Waals surface area contributed by atoms with Gasteiger partial charge in [0.15, 0.2) is 0 Å². The molecule has 0 radical (unpaired) electrons. The number of hydrogen-bond acceptors (Lipinski definition) is 3. The van der Waals surface area contributed by atoms with Crippen LogP contribution in [0.25, 0.3) is 0 Å². The summed E-state index contributed by atoms with van der Waals surface area (Å²) in [6.07, 6.45) is 5.32. The molecule has 1 N–H and O–H groups in total. The van der Waals surface area contributed by atoms with Gasteiger partial charge in [0.05, 0.1) is 6.10 Å². The molecule has 0 aliphatic carbocycles. The second-order valence-corrected chi connectivity index (χ2v) is 4.84. The normalized spacial score (nSPS) is 20.2. The maximum Gasteiger partial charge on any atom is 0.0591 e. The quantitative estimate of drug-likeness (QED) is 0.869.